The van der Waals surface area contributed by atoms with Gasteiger partial charge in [0.15, 0.2) is 5.78 Å². The maximum Gasteiger partial charge on any atom is 0.328 e. The Morgan fingerprint density at radius 3 is 2.31 bits per heavy atom. The van der Waals surface area contributed by atoms with Crippen LogP contribution in [0.2, 0.25) is 0 Å². The van der Waals surface area contributed by atoms with Gasteiger partial charge in [0.25, 0.3) is 5.91 Å². The molecule has 5 rings (SSSR count). The minimum atomic E-state index is -1.26. The van der Waals surface area contributed by atoms with Crippen molar-refractivity contribution in [1.29, 1.82) is 0 Å². The van der Waals surface area contributed by atoms with Crippen LogP contribution in [-0.4, -0.2) is 78.1 Å². The SMILES string of the molecule is CCN1C2=C(C(=O)NCc3ccc(OCCCN4CCCCC4)cc3F)C(=O)CCN2c2ccccc21.O=C(O)C=CC(=O)O. The second-order valence-electron chi connectivity index (χ2n) is 10.8. The van der Waals surface area contributed by atoms with Gasteiger partial charge in [-0.25, -0.2) is 14.0 Å². The zero-order valence-electron chi connectivity index (χ0n) is 25.3. The number of hydrogen-bond acceptors (Lipinski definition) is 8. The van der Waals surface area contributed by atoms with E-state index >= 15 is 0 Å². The number of carbonyl (C=O) groups excluding carboxylic acids is 2. The highest BCUT2D eigenvalue weighted by Gasteiger charge is 2.40. The largest absolute Gasteiger partial charge is 0.493 e. The third kappa shape index (κ3) is 8.69. The van der Waals surface area contributed by atoms with E-state index in [0.29, 0.717) is 49.0 Å². The van der Waals surface area contributed by atoms with Crippen LogP contribution in [0.15, 0.2) is 66.0 Å². The molecule has 11 nitrogen and oxygen atoms in total. The molecule has 0 bridgehead atoms. The van der Waals surface area contributed by atoms with Crippen molar-refractivity contribution in [3.8, 4) is 5.75 Å². The number of carboxylic acids is 2. The van der Waals surface area contributed by atoms with Crippen molar-refractivity contribution in [2.24, 2.45) is 0 Å². The zero-order valence-corrected chi connectivity index (χ0v) is 25.3. The number of Topliss-reactive ketones (excluding diaryl/α,β-unsaturated/α-hetero) is 1. The molecule has 45 heavy (non-hydrogen) atoms. The van der Waals surface area contributed by atoms with E-state index in [-0.39, 0.29) is 24.3 Å². The smallest absolute Gasteiger partial charge is 0.328 e. The average Bonchev–Trinajstić information content (AvgIpc) is 3.35. The summed E-state index contributed by atoms with van der Waals surface area (Å²) in [5.74, 6) is -2.52. The highest BCUT2D eigenvalue weighted by molar-refractivity contribution is 6.22. The molecule has 0 saturated carbocycles. The minimum Gasteiger partial charge on any atom is -0.493 e. The van der Waals surface area contributed by atoms with Crippen LogP contribution in [0.25, 0.3) is 0 Å². The second-order valence-corrected chi connectivity index (χ2v) is 10.8. The lowest BCUT2D eigenvalue weighted by atomic mass is 10.0. The topological polar surface area (TPSA) is 140 Å². The van der Waals surface area contributed by atoms with E-state index in [1.165, 1.54) is 25.3 Å². The summed E-state index contributed by atoms with van der Waals surface area (Å²) in [6.07, 6.45) is 6.12. The first-order valence-electron chi connectivity index (χ1n) is 15.2. The summed E-state index contributed by atoms with van der Waals surface area (Å²) in [5.41, 5.74) is 2.47. The van der Waals surface area contributed by atoms with Crippen molar-refractivity contribution in [3.63, 3.8) is 0 Å². The highest BCUT2D eigenvalue weighted by Crippen LogP contribution is 2.44. The van der Waals surface area contributed by atoms with Crippen LogP contribution in [0.3, 0.4) is 0 Å². The number of carbonyl (C=O) groups is 4. The van der Waals surface area contributed by atoms with Gasteiger partial charge in [0.2, 0.25) is 0 Å². The van der Waals surface area contributed by atoms with Gasteiger partial charge in [-0.15, -0.1) is 0 Å². The number of ether oxygens (including phenoxy) is 1. The number of rotatable bonds is 11. The number of nitrogens with one attached hydrogen (secondary N) is 1. The third-order valence-electron chi connectivity index (χ3n) is 7.75. The molecule has 3 heterocycles. The van der Waals surface area contributed by atoms with Crippen molar-refractivity contribution in [1.82, 2.24) is 10.2 Å². The maximum absolute atomic E-state index is 14.8. The van der Waals surface area contributed by atoms with Crippen LogP contribution in [-0.2, 0) is 25.7 Å². The molecular weight excluding hydrogens is 583 g/mol. The summed E-state index contributed by atoms with van der Waals surface area (Å²) in [7, 11) is 0. The summed E-state index contributed by atoms with van der Waals surface area (Å²) in [4.78, 5) is 51.7. The molecule has 240 valence electrons. The van der Waals surface area contributed by atoms with Crippen LogP contribution in [0.4, 0.5) is 15.8 Å². The Morgan fingerprint density at radius 2 is 1.67 bits per heavy atom. The number of aliphatic carboxylic acids is 2. The Kier molecular flexibility index (Phi) is 11.7. The fraction of sp³-hybridized carbons (Fsp3) is 0.394. The molecule has 0 radical (unpaired) electrons. The highest BCUT2D eigenvalue weighted by atomic mass is 19.1. The quantitative estimate of drug-likeness (QED) is 0.192. The number of benzene rings is 2. The average molecular weight is 623 g/mol. The number of amides is 1. The number of halogens is 1. The molecule has 3 aliphatic heterocycles. The standard InChI is InChI=1S/C29H35FN4O3.C4H4O4/c1-2-33-24-9-4-5-10-25(24)34-17-13-26(35)27(29(33)34)28(36)31-20-21-11-12-22(19-23(21)30)37-18-8-16-32-14-6-3-7-15-32;5-3(6)1-2-4(7)8/h4-5,9-12,19H,2-3,6-8,13-18,20H2,1H3,(H,31,36);1-2H,(H,5,6)(H,7,8). The van der Waals surface area contributed by atoms with Crippen molar-refractivity contribution in [2.75, 3.05) is 49.1 Å². The van der Waals surface area contributed by atoms with Gasteiger partial charge in [-0.05, 0) is 57.5 Å². The van der Waals surface area contributed by atoms with Gasteiger partial charge in [0.1, 0.15) is 23.0 Å². The van der Waals surface area contributed by atoms with Gasteiger partial charge in [-0.3, -0.25) is 9.59 Å². The molecule has 12 heteroatoms. The summed E-state index contributed by atoms with van der Waals surface area (Å²) in [6.45, 7) is 6.99. The molecule has 1 fully saturated rings. The number of likely N-dealkylation sites (tertiary alicyclic amines) is 1. The normalized spacial score (nSPS) is 16.2. The monoisotopic (exact) mass is 622 g/mol. The Labute approximate surface area is 261 Å². The molecule has 3 N–H and O–H groups in total. The number of nitrogens with zero attached hydrogens (tertiary/aromatic N) is 3. The molecule has 0 aliphatic carbocycles. The Balaban J connectivity index is 0.000000510. The summed E-state index contributed by atoms with van der Waals surface area (Å²) < 4.78 is 20.5. The Hall–Kier alpha value is -4.71. The van der Waals surface area contributed by atoms with E-state index in [9.17, 15) is 23.6 Å². The van der Waals surface area contributed by atoms with Crippen LogP contribution < -0.4 is 19.9 Å². The first-order chi connectivity index (χ1) is 21.7. The number of carboxylic acid groups (broad SMARTS) is 2. The molecule has 1 amide bonds. The molecule has 0 unspecified atom stereocenters. The number of para-hydroxylation sites is 2. The Bertz CT molecular complexity index is 1440. The van der Waals surface area contributed by atoms with Crippen molar-refractivity contribution < 1.29 is 38.5 Å². The van der Waals surface area contributed by atoms with E-state index < -0.39 is 23.7 Å². The summed E-state index contributed by atoms with van der Waals surface area (Å²) >= 11 is 0. The van der Waals surface area contributed by atoms with Crippen molar-refractivity contribution in [2.45, 2.75) is 45.6 Å². The van der Waals surface area contributed by atoms with E-state index in [1.54, 1.807) is 12.1 Å². The first kappa shape index (κ1) is 33.2. The van der Waals surface area contributed by atoms with Gasteiger partial charge < -0.3 is 35.0 Å². The van der Waals surface area contributed by atoms with Gasteiger partial charge >= 0.3 is 11.9 Å². The van der Waals surface area contributed by atoms with Crippen molar-refractivity contribution in [3.05, 3.63) is 77.4 Å². The number of hydrogen-bond donors (Lipinski definition) is 3. The molecule has 0 spiro atoms. The third-order valence-corrected chi connectivity index (χ3v) is 7.75. The van der Waals surface area contributed by atoms with Crippen molar-refractivity contribution >= 4 is 35.0 Å². The van der Waals surface area contributed by atoms with Gasteiger partial charge in [-0.2, -0.15) is 0 Å². The minimum absolute atomic E-state index is 0.0109. The number of anilines is 2. The van der Waals surface area contributed by atoms with Crippen LogP contribution in [0, 0.1) is 5.82 Å². The van der Waals surface area contributed by atoms with E-state index in [4.69, 9.17) is 14.9 Å². The molecule has 0 atom stereocenters. The summed E-state index contributed by atoms with van der Waals surface area (Å²) in [5, 5.41) is 18.4. The summed E-state index contributed by atoms with van der Waals surface area (Å²) in [6, 6.07) is 12.6. The molecule has 2 aromatic carbocycles. The lowest BCUT2D eigenvalue weighted by Crippen LogP contribution is -2.42. The fourth-order valence-electron chi connectivity index (χ4n) is 5.63. The number of piperidine rings is 1. The number of ketones is 1. The maximum atomic E-state index is 14.8. The van der Waals surface area contributed by atoms with E-state index in [1.807, 2.05) is 41.0 Å². The molecule has 0 aromatic heterocycles. The Morgan fingerprint density at radius 1 is 0.978 bits per heavy atom. The fourth-order valence-corrected chi connectivity index (χ4v) is 5.63. The van der Waals surface area contributed by atoms with E-state index in [2.05, 4.69) is 10.2 Å². The molecule has 1 saturated heterocycles. The predicted molar refractivity (Wildman–Crippen MR) is 167 cm³/mol. The number of fused-ring (bicyclic) bond motifs is 3. The zero-order chi connectivity index (χ0) is 32.3. The van der Waals surface area contributed by atoms with E-state index in [0.717, 1.165) is 37.4 Å². The van der Waals surface area contributed by atoms with Crippen LogP contribution >= 0.6 is 0 Å². The van der Waals surface area contributed by atoms with Crippen LogP contribution in [0.5, 0.6) is 5.75 Å². The van der Waals surface area contributed by atoms with Gasteiger partial charge in [0.05, 0.1) is 18.0 Å². The van der Waals surface area contributed by atoms with Crippen LogP contribution in [0.1, 0.15) is 44.6 Å². The first-order valence-corrected chi connectivity index (χ1v) is 15.2. The lowest BCUT2D eigenvalue weighted by Gasteiger charge is -2.30. The molecule has 2 aromatic rings. The molecular formula is C33H39FN4O7. The van der Waals surface area contributed by atoms with Gasteiger partial charge in [0, 0.05) is 56.4 Å². The van der Waals surface area contributed by atoms with Gasteiger partial charge in [-0.1, -0.05) is 24.6 Å². The predicted octanol–water partition coefficient (Wildman–Crippen LogP) is 3.94. The second kappa shape index (κ2) is 15.8. The molecule has 3 aliphatic rings. The lowest BCUT2D eigenvalue weighted by molar-refractivity contribution is -0.134.